The molecule has 0 aliphatic heterocycles. The molecule has 4 aromatic rings. The minimum absolute atomic E-state index is 0.0620. The number of aliphatic carboxylic acids is 1. The van der Waals surface area contributed by atoms with Gasteiger partial charge in [-0.2, -0.15) is 5.10 Å². The quantitative estimate of drug-likeness (QED) is 0.473. The first-order valence-corrected chi connectivity index (χ1v) is 9.75. The maximum Gasteiger partial charge on any atom is 0.307 e. The lowest BCUT2D eigenvalue weighted by atomic mass is 9.95. The van der Waals surface area contributed by atoms with Gasteiger partial charge in [0, 0.05) is 16.7 Å². The third kappa shape index (κ3) is 4.38. The summed E-state index contributed by atoms with van der Waals surface area (Å²) in [6.07, 6.45) is -0.0620. The third-order valence-corrected chi connectivity index (χ3v) is 4.93. The number of H-pyrrole nitrogens is 1. The fraction of sp³-hybridized carbons (Fsp3) is 0.0800. The predicted molar refractivity (Wildman–Crippen MR) is 118 cm³/mol. The van der Waals surface area contributed by atoms with Gasteiger partial charge in [-0.25, -0.2) is 5.10 Å². The number of carboxylic acids is 1. The number of carbonyl (C=O) groups is 1. The number of aromatic amines is 1. The Hall–Kier alpha value is -4.19. The van der Waals surface area contributed by atoms with Crippen molar-refractivity contribution >= 4 is 5.97 Å². The summed E-state index contributed by atoms with van der Waals surface area (Å²) in [5.41, 5.74) is 3.68. The van der Waals surface area contributed by atoms with Crippen molar-refractivity contribution in [1.29, 1.82) is 0 Å². The fourth-order valence-electron chi connectivity index (χ4n) is 3.42. The average molecular weight is 412 g/mol. The number of para-hydroxylation sites is 2. The predicted octanol–water partition coefficient (Wildman–Crippen LogP) is 4.83. The molecule has 6 nitrogen and oxygen atoms in total. The summed E-state index contributed by atoms with van der Waals surface area (Å²) in [5, 5.41) is 15.9. The SMILES string of the molecule is Cc1c(-c2ccc(CC(=O)O)cc2)c(-c2ccccc2Oc2ccccc2)n[nH]c1=O. The number of nitrogens with one attached hydrogen (secondary N) is 1. The van der Waals surface area contributed by atoms with E-state index < -0.39 is 5.97 Å². The summed E-state index contributed by atoms with van der Waals surface area (Å²) in [7, 11) is 0. The fourth-order valence-corrected chi connectivity index (χ4v) is 3.42. The third-order valence-electron chi connectivity index (χ3n) is 4.93. The van der Waals surface area contributed by atoms with Gasteiger partial charge in [-0.1, -0.05) is 54.6 Å². The van der Waals surface area contributed by atoms with Gasteiger partial charge in [0.05, 0.1) is 6.42 Å². The lowest BCUT2D eigenvalue weighted by Gasteiger charge is -2.15. The molecule has 0 aliphatic rings. The van der Waals surface area contributed by atoms with E-state index in [0.29, 0.717) is 33.9 Å². The number of aromatic nitrogens is 2. The number of hydrogen-bond donors (Lipinski definition) is 2. The first-order valence-electron chi connectivity index (χ1n) is 9.75. The molecule has 0 spiro atoms. The van der Waals surface area contributed by atoms with Crippen molar-refractivity contribution in [3.05, 3.63) is 100 Å². The van der Waals surface area contributed by atoms with Crippen LogP contribution in [0.4, 0.5) is 0 Å². The van der Waals surface area contributed by atoms with Gasteiger partial charge in [0.1, 0.15) is 17.2 Å². The van der Waals surface area contributed by atoms with Crippen LogP contribution >= 0.6 is 0 Å². The highest BCUT2D eigenvalue weighted by Gasteiger charge is 2.18. The summed E-state index contributed by atoms with van der Waals surface area (Å²) < 4.78 is 6.09. The van der Waals surface area contributed by atoms with Crippen molar-refractivity contribution in [2.24, 2.45) is 0 Å². The Morgan fingerprint density at radius 2 is 1.65 bits per heavy atom. The zero-order valence-electron chi connectivity index (χ0n) is 16.8. The summed E-state index contributed by atoms with van der Waals surface area (Å²) in [5.74, 6) is 0.404. The molecule has 6 heteroatoms. The van der Waals surface area contributed by atoms with Crippen LogP contribution in [0.1, 0.15) is 11.1 Å². The van der Waals surface area contributed by atoms with Crippen LogP contribution in [0.3, 0.4) is 0 Å². The second-order valence-corrected chi connectivity index (χ2v) is 7.08. The number of hydrogen-bond acceptors (Lipinski definition) is 4. The molecule has 0 amide bonds. The van der Waals surface area contributed by atoms with E-state index in [1.807, 2.05) is 66.7 Å². The van der Waals surface area contributed by atoms with Crippen molar-refractivity contribution < 1.29 is 14.6 Å². The van der Waals surface area contributed by atoms with Gasteiger partial charge in [-0.05, 0) is 42.3 Å². The molecule has 154 valence electrons. The lowest BCUT2D eigenvalue weighted by Crippen LogP contribution is -2.14. The highest BCUT2D eigenvalue weighted by atomic mass is 16.5. The second kappa shape index (κ2) is 8.67. The van der Waals surface area contributed by atoms with Gasteiger partial charge in [0.15, 0.2) is 0 Å². The molecule has 0 fully saturated rings. The largest absolute Gasteiger partial charge is 0.481 e. The van der Waals surface area contributed by atoms with E-state index in [0.717, 1.165) is 11.1 Å². The molecule has 3 aromatic carbocycles. The second-order valence-electron chi connectivity index (χ2n) is 7.08. The Morgan fingerprint density at radius 3 is 2.35 bits per heavy atom. The highest BCUT2D eigenvalue weighted by molar-refractivity contribution is 5.85. The van der Waals surface area contributed by atoms with Crippen LogP contribution in [-0.4, -0.2) is 21.3 Å². The van der Waals surface area contributed by atoms with Gasteiger partial charge >= 0.3 is 5.97 Å². The Labute approximate surface area is 178 Å². The standard InChI is InChI=1S/C25H20N2O4/c1-16-23(18-13-11-17(12-14-18)15-22(28)29)24(26-27-25(16)30)20-9-5-6-10-21(20)31-19-7-3-2-4-8-19/h2-14H,15H2,1H3,(H,27,30)(H,28,29). The first-order chi connectivity index (χ1) is 15.0. The molecule has 0 aliphatic carbocycles. The summed E-state index contributed by atoms with van der Waals surface area (Å²) >= 11 is 0. The Kier molecular flexibility index (Phi) is 5.62. The van der Waals surface area contributed by atoms with E-state index in [9.17, 15) is 9.59 Å². The van der Waals surface area contributed by atoms with Crippen LogP contribution in [-0.2, 0) is 11.2 Å². The van der Waals surface area contributed by atoms with Crippen molar-refractivity contribution in [3.8, 4) is 33.9 Å². The number of ether oxygens (including phenoxy) is 1. The minimum Gasteiger partial charge on any atom is -0.481 e. The molecule has 0 unspecified atom stereocenters. The molecular formula is C25H20N2O4. The van der Waals surface area contributed by atoms with Crippen LogP contribution < -0.4 is 10.3 Å². The smallest absolute Gasteiger partial charge is 0.307 e. The van der Waals surface area contributed by atoms with Crippen LogP contribution in [0.5, 0.6) is 11.5 Å². The summed E-state index contributed by atoms with van der Waals surface area (Å²) in [4.78, 5) is 23.3. The average Bonchev–Trinajstić information content (AvgIpc) is 2.77. The maximum atomic E-state index is 12.4. The molecule has 0 saturated heterocycles. The lowest BCUT2D eigenvalue weighted by molar-refractivity contribution is -0.136. The van der Waals surface area contributed by atoms with Crippen LogP contribution in [0.15, 0.2) is 83.7 Å². The van der Waals surface area contributed by atoms with E-state index in [4.69, 9.17) is 9.84 Å². The molecule has 4 rings (SSSR count). The van der Waals surface area contributed by atoms with Gasteiger partial charge in [0.2, 0.25) is 0 Å². The summed E-state index contributed by atoms with van der Waals surface area (Å²) in [6.45, 7) is 1.74. The maximum absolute atomic E-state index is 12.4. The molecule has 0 atom stereocenters. The Morgan fingerprint density at radius 1 is 0.968 bits per heavy atom. The van der Waals surface area contributed by atoms with E-state index in [2.05, 4.69) is 10.2 Å². The van der Waals surface area contributed by atoms with Crippen LogP contribution in [0.2, 0.25) is 0 Å². The van der Waals surface area contributed by atoms with Crippen LogP contribution in [0.25, 0.3) is 22.4 Å². The van der Waals surface area contributed by atoms with Gasteiger partial charge < -0.3 is 9.84 Å². The number of rotatable bonds is 6. The Bertz CT molecular complexity index is 1280. The van der Waals surface area contributed by atoms with E-state index >= 15 is 0 Å². The van der Waals surface area contributed by atoms with Crippen molar-refractivity contribution in [2.75, 3.05) is 0 Å². The van der Waals surface area contributed by atoms with Crippen molar-refractivity contribution in [1.82, 2.24) is 10.2 Å². The van der Waals surface area contributed by atoms with Crippen molar-refractivity contribution in [2.45, 2.75) is 13.3 Å². The summed E-state index contributed by atoms with van der Waals surface area (Å²) in [6, 6.07) is 24.1. The van der Waals surface area contributed by atoms with E-state index in [-0.39, 0.29) is 12.0 Å². The topological polar surface area (TPSA) is 92.3 Å². The number of carboxylic acid groups (broad SMARTS) is 1. The zero-order valence-corrected chi connectivity index (χ0v) is 16.8. The van der Waals surface area contributed by atoms with Gasteiger partial charge in [-0.15, -0.1) is 0 Å². The van der Waals surface area contributed by atoms with E-state index in [1.165, 1.54) is 0 Å². The number of nitrogens with zero attached hydrogens (tertiary/aromatic N) is 1. The van der Waals surface area contributed by atoms with Gasteiger partial charge in [0.25, 0.3) is 5.56 Å². The van der Waals surface area contributed by atoms with E-state index in [1.54, 1.807) is 19.1 Å². The molecule has 0 saturated carbocycles. The molecule has 2 N–H and O–H groups in total. The molecule has 1 aromatic heterocycles. The molecular weight excluding hydrogens is 392 g/mol. The van der Waals surface area contributed by atoms with Crippen LogP contribution in [0, 0.1) is 6.92 Å². The highest BCUT2D eigenvalue weighted by Crippen LogP contribution is 2.38. The molecule has 31 heavy (non-hydrogen) atoms. The van der Waals surface area contributed by atoms with Gasteiger partial charge in [-0.3, -0.25) is 9.59 Å². The molecule has 1 heterocycles. The zero-order chi connectivity index (χ0) is 21.8. The Balaban J connectivity index is 1.83. The monoisotopic (exact) mass is 412 g/mol. The molecule has 0 radical (unpaired) electrons. The number of benzene rings is 3. The normalized spacial score (nSPS) is 10.6. The first kappa shape index (κ1) is 20.1. The molecule has 0 bridgehead atoms. The minimum atomic E-state index is -0.894. The van der Waals surface area contributed by atoms with Crippen molar-refractivity contribution in [3.63, 3.8) is 0 Å².